The van der Waals surface area contributed by atoms with Crippen molar-refractivity contribution in [2.75, 3.05) is 17.4 Å². The highest BCUT2D eigenvalue weighted by atomic mass is 35.5. The summed E-state index contributed by atoms with van der Waals surface area (Å²) in [6.07, 6.45) is 0. The number of benzene rings is 3. The van der Waals surface area contributed by atoms with Gasteiger partial charge in [0.05, 0.1) is 10.6 Å². The Bertz CT molecular complexity index is 1300. The van der Waals surface area contributed by atoms with Crippen LogP contribution in [0.5, 0.6) is 0 Å². The SMILES string of the molecule is CCNC(=O)[C@@H](C)N(Cc1ccc(Cl)cc1)C(=O)CN(c1ccccc1C)S(=O)(=O)c1ccccc1. The topological polar surface area (TPSA) is 86.8 Å². The molecule has 2 amide bonds. The van der Waals surface area contributed by atoms with Crippen LogP contribution in [0.1, 0.15) is 25.0 Å². The van der Waals surface area contributed by atoms with Crippen LogP contribution < -0.4 is 9.62 Å². The Morgan fingerprint density at radius 2 is 1.56 bits per heavy atom. The number of hydrogen-bond donors (Lipinski definition) is 1. The fourth-order valence-electron chi connectivity index (χ4n) is 3.77. The number of para-hydroxylation sites is 1. The molecule has 36 heavy (non-hydrogen) atoms. The lowest BCUT2D eigenvalue weighted by molar-refractivity contribution is -0.139. The molecular formula is C27H30ClN3O4S. The van der Waals surface area contributed by atoms with Crippen molar-refractivity contribution in [2.24, 2.45) is 0 Å². The number of halogens is 1. The molecule has 0 aliphatic heterocycles. The molecule has 0 fully saturated rings. The molecule has 0 radical (unpaired) electrons. The molecule has 0 aromatic heterocycles. The van der Waals surface area contributed by atoms with Gasteiger partial charge in [0.1, 0.15) is 12.6 Å². The van der Waals surface area contributed by atoms with Crippen LogP contribution >= 0.6 is 11.6 Å². The highest BCUT2D eigenvalue weighted by Gasteiger charge is 2.32. The molecule has 9 heteroatoms. The minimum atomic E-state index is -4.07. The summed E-state index contributed by atoms with van der Waals surface area (Å²) in [6.45, 7) is 5.26. The van der Waals surface area contributed by atoms with Gasteiger partial charge in [-0.05, 0) is 62.2 Å². The van der Waals surface area contributed by atoms with Crippen LogP contribution in [0, 0.1) is 6.92 Å². The quantitative estimate of drug-likeness (QED) is 0.423. The average molecular weight is 528 g/mol. The van der Waals surface area contributed by atoms with E-state index in [9.17, 15) is 18.0 Å². The van der Waals surface area contributed by atoms with Crippen LogP contribution in [0.2, 0.25) is 5.02 Å². The molecule has 7 nitrogen and oxygen atoms in total. The smallest absolute Gasteiger partial charge is 0.264 e. The van der Waals surface area contributed by atoms with Crippen molar-refractivity contribution in [3.63, 3.8) is 0 Å². The first-order valence-electron chi connectivity index (χ1n) is 11.6. The van der Waals surface area contributed by atoms with Crippen molar-refractivity contribution in [3.8, 4) is 0 Å². The van der Waals surface area contributed by atoms with Crippen LogP contribution in [0.15, 0.2) is 83.8 Å². The van der Waals surface area contributed by atoms with Crippen molar-refractivity contribution >= 4 is 39.1 Å². The fourth-order valence-corrected chi connectivity index (χ4v) is 5.39. The van der Waals surface area contributed by atoms with Gasteiger partial charge in [0.25, 0.3) is 10.0 Å². The normalized spacial score (nSPS) is 12.0. The van der Waals surface area contributed by atoms with Gasteiger partial charge in [-0.2, -0.15) is 0 Å². The predicted molar refractivity (Wildman–Crippen MR) is 142 cm³/mol. The molecule has 3 aromatic carbocycles. The van der Waals surface area contributed by atoms with E-state index in [0.717, 1.165) is 9.87 Å². The van der Waals surface area contributed by atoms with Crippen LogP contribution in [-0.4, -0.2) is 44.3 Å². The second-order valence-corrected chi connectivity index (χ2v) is 10.6. The molecule has 0 saturated carbocycles. The van der Waals surface area contributed by atoms with Crippen molar-refractivity contribution in [2.45, 2.75) is 38.3 Å². The molecular weight excluding hydrogens is 498 g/mol. The Morgan fingerprint density at radius 3 is 2.17 bits per heavy atom. The Hall–Kier alpha value is -3.36. The maximum atomic E-state index is 13.8. The van der Waals surface area contributed by atoms with Crippen molar-refractivity contribution in [1.29, 1.82) is 0 Å². The van der Waals surface area contributed by atoms with E-state index in [1.54, 1.807) is 87.5 Å². The largest absolute Gasteiger partial charge is 0.355 e. The Balaban J connectivity index is 2.02. The van der Waals surface area contributed by atoms with Crippen LogP contribution in [0.4, 0.5) is 5.69 Å². The van der Waals surface area contributed by atoms with Gasteiger partial charge in [-0.3, -0.25) is 13.9 Å². The third-order valence-electron chi connectivity index (χ3n) is 5.78. The molecule has 0 bridgehead atoms. The van der Waals surface area contributed by atoms with E-state index in [1.165, 1.54) is 17.0 Å². The van der Waals surface area contributed by atoms with Crippen LogP contribution in [0.3, 0.4) is 0 Å². The zero-order valence-corrected chi connectivity index (χ0v) is 22.1. The first-order valence-corrected chi connectivity index (χ1v) is 13.4. The summed E-state index contributed by atoms with van der Waals surface area (Å²) < 4.78 is 28.5. The van der Waals surface area contributed by atoms with Crippen molar-refractivity contribution in [1.82, 2.24) is 10.2 Å². The first kappa shape index (κ1) is 27.2. The summed E-state index contributed by atoms with van der Waals surface area (Å²) in [7, 11) is -4.07. The van der Waals surface area contributed by atoms with Crippen LogP contribution in [0.25, 0.3) is 0 Å². The second kappa shape index (κ2) is 12.1. The number of hydrogen-bond acceptors (Lipinski definition) is 4. The zero-order chi connectivity index (χ0) is 26.3. The van der Waals surface area contributed by atoms with E-state index in [0.29, 0.717) is 22.8 Å². The molecule has 3 aromatic rings. The van der Waals surface area contributed by atoms with Gasteiger partial charge < -0.3 is 10.2 Å². The van der Waals surface area contributed by atoms with Crippen molar-refractivity contribution in [3.05, 3.63) is 95.0 Å². The lowest BCUT2D eigenvalue weighted by Gasteiger charge is -2.32. The third-order valence-corrected chi connectivity index (χ3v) is 7.80. The molecule has 0 unspecified atom stereocenters. The standard InChI is InChI=1S/C27H30ClN3O4S/c1-4-29-27(33)21(3)30(18-22-14-16-23(28)17-15-22)26(32)19-31(25-13-9-8-10-20(25)2)36(34,35)24-11-6-5-7-12-24/h5-17,21H,4,18-19H2,1-3H3,(H,29,33)/t21-/m1/s1. The van der Waals surface area contributed by atoms with Gasteiger partial charge in [0.2, 0.25) is 11.8 Å². The minimum absolute atomic E-state index is 0.0714. The molecule has 0 heterocycles. The molecule has 0 spiro atoms. The van der Waals surface area contributed by atoms with E-state index >= 15 is 0 Å². The number of rotatable bonds is 10. The summed E-state index contributed by atoms with van der Waals surface area (Å²) >= 11 is 6.01. The van der Waals surface area contributed by atoms with E-state index in [2.05, 4.69) is 5.32 Å². The van der Waals surface area contributed by atoms with E-state index in [1.807, 2.05) is 0 Å². The van der Waals surface area contributed by atoms with Gasteiger partial charge in [-0.1, -0.05) is 60.1 Å². The maximum absolute atomic E-state index is 13.8. The van der Waals surface area contributed by atoms with Crippen molar-refractivity contribution < 1.29 is 18.0 Å². The van der Waals surface area contributed by atoms with Gasteiger partial charge >= 0.3 is 0 Å². The Labute approximate surface area is 217 Å². The number of nitrogens with one attached hydrogen (secondary N) is 1. The van der Waals surface area contributed by atoms with Gasteiger partial charge in [0.15, 0.2) is 0 Å². The first-order chi connectivity index (χ1) is 17.1. The molecule has 0 aliphatic rings. The van der Waals surface area contributed by atoms with E-state index in [-0.39, 0.29) is 17.3 Å². The number of amides is 2. The monoisotopic (exact) mass is 527 g/mol. The van der Waals surface area contributed by atoms with E-state index in [4.69, 9.17) is 11.6 Å². The van der Waals surface area contributed by atoms with Gasteiger partial charge in [-0.25, -0.2) is 8.42 Å². The molecule has 0 aliphatic carbocycles. The summed E-state index contributed by atoms with van der Waals surface area (Å²) in [6, 6.07) is 21.1. The molecule has 190 valence electrons. The highest BCUT2D eigenvalue weighted by Crippen LogP contribution is 2.27. The average Bonchev–Trinajstić information content (AvgIpc) is 2.87. The number of carbonyl (C=O) groups is 2. The summed E-state index contributed by atoms with van der Waals surface area (Å²) in [5.74, 6) is -0.834. The minimum Gasteiger partial charge on any atom is -0.355 e. The highest BCUT2D eigenvalue weighted by molar-refractivity contribution is 7.92. The lowest BCUT2D eigenvalue weighted by atomic mass is 10.1. The number of likely N-dealkylation sites (N-methyl/N-ethyl adjacent to an activating group) is 1. The zero-order valence-electron chi connectivity index (χ0n) is 20.5. The Morgan fingerprint density at radius 1 is 0.944 bits per heavy atom. The summed E-state index contributed by atoms with van der Waals surface area (Å²) in [5, 5.41) is 3.29. The molecule has 1 N–H and O–H groups in total. The lowest BCUT2D eigenvalue weighted by Crippen LogP contribution is -2.51. The summed E-state index contributed by atoms with van der Waals surface area (Å²) in [5.41, 5.74) is 1.86. The number of nitrogens with zero attached hydrogens (tertiary/aromatic N) is 2. The number of aryl methyl sites for hydroxylation is 1. The molecule has 3 rings (SSSR count). The number of sulfonamides is 1. The maximum Gasteiger partial charge on any atom is 0.264 e. The third kappa shape index (κ3) is 6.44. The van der Waals surface area contributed by atoms with Gasteiger partial charge in [0, 0.05) is 18.1 Å². The summed E-state index contributed by atoms with van der Waals surface area (Å²) in [4.78, 5) is 27.9. The van der Waals surface area contributed by atoms with E-state index < -0.39 is 28.5 Å². The fraction of sp³-hybridized carbons (Fsp3) is 0.259. The second-order valence-electron chi connectivity index (χ2n) is 8.33. The van der Waals surface area contributed by atoms with Gasteiger partial charge in [-0.15, -0.1) is 0 Å². The van der Waals surface area contributed by atoms with Crippen LogP contribution in [-0.2, 0) is 26.2 Å². The molecule has 0 saturated heterocycles. The Kier molecular flexibility index (Phi) is 9.12. The predicted octanol–water partition coefficient (Wildman–Crippen LogP) is 4.40. The number of carbonyl (C=O) groups excluding carboxylic acids is 2. The number of anilines is 1. The molecule has 1 atom stereocenters.